The second-order valence-corrected chi connectivity index (χ2v) is 6.01. The topological polar surface area (TPSA) is 61.8 Å². The van der Waals surface area contributed by atoms with Crippen LogP contribution in [-0.2, 0) is 4.74 Å². The Morgan fingerprint density at radius 2 is 1.65 bits per heavy atom. The van der Waals surface area contributed by atoms with Crippen molar-refractivity contribution in [2.75, 3.05) is 13.7 Å². The number of benzene rings is 2. The third-order valence-corrected chi connectivity index (χ3v) is 4.14. The van der Waals surface area contributed by atoms with Crippen LogP contribution in [0.1, 0.15) is 45.7 Å². The number of carbonyl (C=O) groups excluding carboxylic acids is 2. The number of ketones is 1. The largest absolute Gasteiger partial charge is 0.493 e. The van der Waals surface area contributed by atoms with Gasteiger partial charge in [-0.1, -0.05) is 12.1 Å². The van der Waals surface area contributed by atoms with E-state index in [1.165, 1.54) is 7.11 Å². The van der Waals surface area contributed by atoms with Gasteiger partial charge in [0.15, 0.2) is 17.6 Å². The number of methoxy groups -OCH3 is 1. The number of aryl methyl sites for hydroxylation is 2. The number of ether oxygens (including phenoxy) is 3. The zero-order chi connectivity index (χ0) is 19.3. The van der Waals surface area contributed by atoms with Crippen molar-refractivity contribution < 1.29 is 23.8 Å². The van der Waals surface area contributed by atoms with Crippen LogP contribution in [0, 0.1) is 13.8 Å². The zero-order valence-corrected chi connectivity index (χ0v) is 15.8. The summed E-state index contributed by atoms with van der Waals surface area (Å²) in [6, 6.07) is 10.2. The van der Waals surface area contributed by atoms with Crippen LogP contribution in [-0.4, -0.2) is 31.6 Å². The highest BCUT2D eigenvalue weighted by Gasteiger charge is 2.21. The fraction of sp³-hybridized carbons (Fsp3) is 0.333. The summed E-state index contributed by atoms with van der Waals surface area (Å²) in [7, 11) is 1.50. The first-order chi connectivity index (χ1) is 12.4. The Bertz CT molecular complexity index is 810. The van der Waals surface area contributed by atoms with Crippen molar-refractivity contribution in [3.63, 3.8) is 0 Å². The Labute approximate surface area is 153 Å². The van der Waals surface area contributed by atoms with Crippen LogP contribution >= 0.6 is 0 Å². The summed E-state index contributed by atoms with van der Waals surface area (Å²) < 4.78 is 16.0. The lowest BCUT2D eigenvalue weighted by molar-refractivity contribution is 0.0318. The molecule has 0 saturated heterocycles. The zero-order valence-electron chi connectivity index (χ0n) is 15.8. The Kier molecular flexibility index (Phi) is 6.39. The molecule has 0 bridgehead atoms. The van der Waals surface area contributed by atoms with E-state index in [2.05, 4.69) is 0 Å². The van der Waals surface area contributed by atoms with Crippen molar-refractivity contribution in [3.05, 3.63) is 58.7 Å². The van der Waals surface area contributed by atoms with Crippen LogP contribution in [0.25, 0.3) is 0 Å². The number of rotatable bonds is 7. The Hall–Kier alpha value is -2.82. The van der Waals surface area contributed by atoms with Crippen molar-refractivity contribution >= 4 is 11.8 Å². The highest BCUT2D eigenvalue weighted by molar-refractivity contribution is 6.01. The van der Waals surface area contributed by atoms with Crippen molar-refractivity contribution in [1.82, 2.24) is 0 Å². The molecular formula is C21H24O5. The summed E-state index contributed by atoms with van der Waals surface area (Å²) >= 11 is 0. The molecule has 0 fully saturated rings. The van der Waals surface area contributed by atoms with E-state index in [4.69, 9.17) is 14.2 Å². The SMILES string of the molecule is CCOc1ccc(C(=O)O[C@H](C)C(=O)c2ccc(C)c(C)c2)cc1OC. The molecule has 0 amide bonds. The van der Waals surface area contributed by atoms with Crippen molar-refractivity contribution in [2.24, 2.45) is 0 Å². The maximum Gasteiger partial charge on any atom is 0.338 e. The molecule has 5 heteroatoms. The minimum atomic E-state index is -0.887. The Balaban J connectivity index is 2.13. The van der Waals surface area contributed by atoms with Gasteiger partial charge in [-0.05, 0) is 63.1 Å². The highest BCUT2D eigenvalue weighted by atomic mass is 16.5. The molecule has 0 N–H and O–H groups in total. The fourth-order valence-electron chi connectivity index (χ4n) is 2.48. The molecule has 138 valence electrons. The van der Waals surface area contributed by atoms with Crippen molar-refractivity contribution in [3.8, 4) is 11.5 Å². The number of hydrogen-bond donors (Lipinski definition) is 0. The minimum absolute atomic E-state index is 0.237. The monoisotopic (exact) mass is 356 g/mol. The third-order valence-electron chi connectivity index (χ3n) is 4.14. The van der Waals surface area contributed by atoms with Crippen LogP contribution in [0.4, 0.5) is 0 Å². The second-order valence-electron chi connectivity index (χ2n) is 6.01. The molecule has 0 unspecified atom stereocenters. The van der Waals surface area contributed by atoms with E-state index in [1.807, 2.05) is 32.9 Å². The molecule has 0 aromatic heterocycles. The van der Waals surface area contributed by atoms with Crippen LogP contribution < -0.4 is 9.47 Å². The maximum absolute atomic E-state index is 12.5. The first-order valence-corrected chi connectivity index (χ1v) is 8.50. The molecule has 0 radical (unpaired) electrons. The fourth-order valence-corrected chi connectivity index (χ4v) is 2.48. The molecular weight excluding hydrogens is 332 g/mol. The number of carbonyl (C=O) groups is 2. The van der Waals surface area contributed by atoms with E-state index in [1.54, 1.807) is 31.2 Å². The first kappa shape index (κ1) is 19.5. The van der Waals surface area contributed by atoms with E-state index < -0.39 is 12.1 Å². The average Bonchev–Trinajstić information content (AvgIpc) is 2.63. The van der Waals surface area contributed by atoms with E-state index >= 15 is 0 Å². The molecule has 0 heterocycles. The normalized spacial score (nSPS) is 11.6. The summed E-state index contributed by atoms with van der Waals surface area (Å²) in [6.45, 7) is 7.84. The predicted molar refractivity (Wildman–Crippen MR) is 99.3 cm³/mol. The summed E-state index contributed by atoms with van der Waals surface area (Å²) in [5.74, 6) is 0.163. The molecule has 2 rings (SSSR count). The lowest BCUT2D eigenvalue weighted by Crippen LogP contribution is -2.24. The summed E-state index contributed by atoms with van der Waals surface area (Å²) in [4.78, 5) is 24.9. The number of hydrogen-bond acceptors (Lipinski definition) is 5. The summed E-state index contributed by atoms with van der Waals surface area (Å²) in [6.07, 6.45) is -0.887. The molecule has 5 nitrogen and oxygen atoms in total. The van der Waals surface area contributed by atoms with Gasteiger partial charge in [-0.3, -0.25) is 4.79 Å². The van der Waals surface area contributed by atoms with Gasteiger partial charge in [0.05, 0.1) is 19.3 Å². The quantitative estimate of drug-likeness (QED) is 0.551. The van der Waals surface area contributed by atoms with Gasteiger partial charge in [0.1, 0.15) is 0 Å². The summed E-state index contributed by atoms with van der Waals surface area (Å²) in [5, 5.41) is 0. The molecule has 0 aliphatic carbocycles. The molecule has 2 aromatic carbocycles. The van der Waals surface area contributed by atoms with Gasteiger partial charge >= 0.3 is 5.97 Å². The van der Waals surface area contributed by atoms with Crippen LogP contribution in [0.5, 0.6) is 11.5 Å². The molecule has 0 spiro atoms. The maximum atomic E-state index is 12.5. The first-order valence-electron chi connectivity index (χ1n) is 8.50. The third kappa shape index (κ3) is 4.42. The van der Waals surface area contributed by atoms with E-state index in [-0.39, 0.29) is 5.78 Å². The van der Waals surface area contributed by atoms with E-state index in [0.29, 0.717) is 29.2 Å². The van der Waals surface area contributed by atoms with Gasteiger partial charge in [-0.25, -0.2) is 4.79 Å². The van der Waals surface area contributed by atoms with Crippen molar-refractivity contribution in [2.45, 2.75) is 33.8 Å². The van der Waals surface area contributed by atoms with Crippen LogP contribution in [0.3, 0.4) is 0 Å². The van der Waals surface area contributed by atoms with Gasteiger partial charge in [0.2, 0.25) is 5.78 Å². The number of Topliss-reactive ketones (excluding diaryl/α,β-unsaturated/α-hetero) is 1. The van der Waals surface area contributed by atoms with E-state index in [0.717, 1.165) is 11.1 Å². The minimum Gasteiger partial charge on any atom is -0.493 e. The standard InChI is InChI=1S/C21H24O5/c1-6-25-18-10-9-17(12-19(18)24-5)21(23)26-15(4)20(22)16-8-7-13(2)14(3)11-16/h7-12,15H,6H2,1-5H3/t15-/m1/s1. The molecule has 2 aromatic rings. The number of esters is 1. The average molecular weight is 356 g/mol. The lowest BCUT2D eigenvalue weighted by Gasteiger charge is -2.14. The molecule has 0 saturated carbocycles. The Morgan fingerprint density at radius 1 is 0.962 bits per heavy atom. The predicted octanol–water partition coefficient (Wildman–Crippen LogP) is 4.14. The second kappa shape index (κ2) is 8.52. The molecule has 0 aliphatic rings. The van der Waals surface area contributed by atoms with Crippen LogP contribution in [0.15, 0.2) is 36.4 Å². The van der Waals surface area contributed by atoms with Gasteiger partial charge in [-0.15, -0.1) is 0 Å². The van der Waals surface area contributed by atoms with Gasteiger partial charge < -0.3 is 14.2 Å². The summed E-state index contributed by atoms with van der Waals surface area (Å²) in [5.41, 5.74) is 2.95. The van der Waals surface area contributed by atoms with E-state index in [9.17, 15) is 9.59 Å². The van der Waals surface area contributed by atoms with Crippen molar-refractivity contribution in [1.29, 1.82) is 0 Å². The van der Waals surface area contributed by atoms with Gasteiger partial charge in [-0.2, -0.15) is 0 Å². The molecule has 26 heavy (non-hydrogen) atoms. The molecule has 1 atom stereocenters. The molecule has 0 aliphatic heterocycles. The Morgan fingerprint density at radius 3 is 2.27 bits per heavy atom. The smallest absolute Gasteiger partial charge is 0.338 e. The lowest BCUT2D eigenvalue weighted by atomic mass is 10.0. The highest BCUT2D eigenvalue weighted by Crippen LogP contribution is 2.28. The van der Waals surface area contributed by atoms with Gasteiger partial charge in [0, 0.05) is 5.56 Å². The van der Waals surface area contributed by atoms with Gasteiger partial charge in [0.25, 0.3) is 0 Å². The van der Waals surface area contributed by atoms with Crippen LogP contribution in [0.2, 0.25) is 0 Å².